The summed E-state index contributed by atoms with van der Waals surface area (Å²) < 4.78 is 10.6. The van der Waals surface area contributed by atoms with Crippen LogP contribution in [0.3, 0.4) is 0 Å². The van der Waals surface area contributed by atoms with Gasteiger partial charge in [0.05, 0.1) is 12.5 Å². The molecule has 0 radical (unpaired) electrons. The van der Waals surface area contributed by atoms with Crippen molar-refractivity contribution >= 4 is 11.9 Å². The Hall–Kier alpha value is -1.36. The molecule has 0 aromatic carbocycles. The predicted octanol–water partition coefficient (Wildman–Crippen LogP) is 4.52. The Morgan fingerprint density at radius 3 is 2.43 bits per heavy atom. The number of aliphatic hydroxyl groups is 1. The minimum Gasteiger partial charge on any atom is -0.461 e. The van der Waals surface area contributed by atoms with Crippen molar-refractivity contribution in [1.82, 2.24) is 0 Å². The Kier molecular flexibility index (Phi) is 6.44. The van der Waals surface area contributed by atoms with Gasteiger partial charge >= 0.3 is 11.9 Å². The number of hydrogen-bond donors (Lipinski definition) is 1. The Bertz CT molecular complexity index is 698. The highest BCUT2D eigenvalue weighted by atomic mass is 16.6. The number of esters is 2. The van der Waals surface area contributed by atoms with Crippen molar-refractivity contribution in [3.8, 4) is 0 Å². The number of ether oxygens (including phenoxy) is 2. The molecule has 0 amide bonds. The monoisotopic (exact) mass is 420 g/mol. The van der Waals surface area contributed by atoms with E-state index in [9.17, 15) is 14.7 Å². The van der Waals surface area contributed by atoms with Crippen molar-refractivity contribution in [2.75, 3.05) is 13.2 Å². The first kappa shape index (κ1) is 23.3. The molecule has 170 valence electrons. The zero-order valence-electron chi connectivity index (χ0n) is 19.6. The number of carbonyl (C=O) groups excluding carboxylic acids is 2. The first-order valence-corrected chi connectivity index (χ1v) is 11.6. The fourth-order valence-electron chi connectivity index (χ4n) is 7.52. The first-order chi connectivity index (χ1) is 14.0. The van der Waals surface area contributed by atoms with Gasteiger partial charge in [-0.15, -0.1) is 0 Å². The second-order valence-electron chi connectivity index (χ2n) is 11.2. The highest BCUT2D eigenvalue weighted by molar-refractivity contribution is 5.75. The molecule has 0 aromatic heterocycles. The third-order valence-corrected chi connectivity index (χ3v) is 8.71. The molecule has 2 saturated carbocycles. The largest absolute Gasteiger partial charge is 0.461 e. The molecule has 0 heterocycles. The topological polar surface area (TPSA) is 72.8 Å². The predicted molar refractivity (Wildman–Crippen MR) is 115 cm³/mol. The van der Waals surface area contributed by atoms with Gasteiger partial charge in [0, 0.05) is 6.92 Å². The normalized spacial score (nSPS) is 40.6. The summed E-state index contributed by atoms with van der Waals surface area (Å²) >= 11 is 0. The fraction of sp³-hybridized carbons (Fsp3) is 0.840. The lowest BCUT2D eigenvalue weighted by molar-refractivity contribution is -0.179. The summed E-state index contributed by atoms with van der Waals surface area (Å²) in [6.07, 6.45) is 9.70. The zero-order chi connectivity index (χ0) is 22.3. The van der Waals surface area contributed by atoms with Crippen LogP contribution in [0.2, 0.25) is 0 Å². The maximum atomic E-state index is 13.3. The number of rotatable bonds is 5. The van der Waals surface area contributed by atoms with Crippen LogP contribution in [-0.4, -0.2) is 36.4 Å². The molecule has 1 N–H and O–H groups in total. The quantitative estimate of drug-likeness (QED) is 0.523. The van der Waals surface area contributed by atoms with Crippen molar-refractivity contribution in [1.29, 1.82) is 0 Å². The lowest BCUT2D eigenvalue weighted by Gasteiger charge is -2.64. The van der Waals surface area contributed by atoms with Crippen molar-refractivity contribution < 1.29 is 24.2 Å². The Labute approximate surface area is 181 Å². The average Bonchev–Trinajstić information content (AvgIpc) is 2.63. The van der Waals surface area contributed by atoms with Crippen molar-refractivity contribution in [2.24, 2.45) is 39.9 Å². The van der Waals surface area contributed by atoms with Crippen LogP contribution in [0.4, 0.5) is 0 Å². The lowest BCUT2D eigenvalue weighted by atomic mass is 9.40. The number of allylic oxidation sites excluding steroid dienone is 2. The molecular formula is C25H40O5. The van der Waals surface area contributed by atoms with Crippen LogP contribution < -0.4 is 0 Å². The van der Waals surface area contributed by atoms with E-state index >= 15 is 0 Å². The van der Waals surface area contributed by atoms with E-state index in [0.717, 1.165) is 12.8 Å². The summed E-state index contributed by atoms with van der Waals surface area (Å²) in [6, 6.07) is 0. The summed E-state index contributed by atoms with van der Waals surface area (Å²) in [5.74, 6) is 0.150. The lowest BCUT2D eigenvalue weighted by Crippen LogP contribution is -2.59. The van der Waals surface area contributed by atoms with Gasteiger partial charge in [0.15, 0.2) is 6.10 Å². The minimum atomic E-state index is -0.808. The highest BCUT2D eigenvalue weighted by Gasteiger charge is 2.62. The average molecular weight is 421 g/mol. The van der Waals surface area contributed by atoms with Gasteiger partial charge in [-0.2, -0.15) is 0 Å². The van der Waals surface area contributed by atoms with Crippen LogP contribution >= 0.6 is 0 Å². The number of hydrogen-bond acceptors (Lipinski definition) is 5. The summed E-state index contributed by atoms with van der Waals surface area (Å²) in [6.45, 7) is 12.5. The van der Waals surface area contributed by atoms with Crippen LogP contribution in [0.25, 0.3) is 0 Å². The van der Waals surface area contributed by atoms with E-state index in [1.165, 1.54) is 26.2 Å². The van der Waals surface area contributed by atoms with E-state index in [4.69, 9.17) is 9.47 Å². The van der Waals surface area contributed by atoms with Gasteiger partial charge < -0.3 is 14.6 Å². The minimum absolute atomic E-state index is 0.0943. The third-order valence-electron chi connectivity index (χ3n) is 8.71. The summed E-state index contributed by atoms with van der Waals surface area (Å²) in [7, 11) is 0. The molecule has 30 heavy (non-hydrogen) atoms. The zero-order valence-corrected chi connectivity index (χ0v) is 19.6. The molecule has 5 heteroatoms. The van der Waals surface area contributed by atoms with E-state index in [-0.39, 0.29) is 41.8 Å². The molecule has 1 unspecified atom stereocenters. The number of fused-ring (bicyclic) bond motifs is 3. The molecule has 3 rings (SSSR count). The molecule has 0 bridgehead atoms. The summed E-state index contributed by atoms with van der Waals surface area (Å²) in [4.78, 5) is 24.5. The van der Waals surface area contributed by atoms with Gasteiger partial charge in [0.2, 0.25) is 0 Å². The Morgan fingerprint density at radius 1 is 1.10 bits per heavy atom. The maximum Gasteiger partial charge on any atom is 0.310 e. The van der Waals surface area contributed by atoms with Gasteiger partial charge in [-0.25, -0.2) is 0 Å². The molecule has 0 saturated heterocycles. The van der Waals surface area contributed by atoms with Gasteiger partial charge in [-0.3, -0.25) is 9.59 Å². The van der Waals surface area contributed by atoms with E-state index in [2.05, 4.69) is 46.8 Å². The molecule has 3 aliphatic carbocycles. The van der Waals surface area contributed by atoms with Crippen molar-refractivity contribution in [3.63, 3.8) is 0 Å². The van der Waals surface area contributed by atoms with Crippen LogP contribution in [0, 0.1) is 39.9 Å². The molecule has 2 fully saturated rings. The van der Waals surface area contributed by atoms with Crippen molar-refractivity contribution in [2.45, 2.75) is 79.8 Å². The third kappa shape index (κ3) is 3.94. The van der Waals surface area contributed by atoms with Crippen LogP contribution in [0.15, 0.2) is 12.2 Å². The molecule has 0 aromatic rings. The van der Waals surface area contributed by atoms with Gasteiger partial charge in [0.25, 0.3) is 0 Å². The van der Waals surface area contributed by atoms with Crippen LogP contribution in [0.1, 0.15) is 73.6 Å². The van der Waals surface area contributed by atoms with E-state index in [1.54, 1.807) is 0 Å². The molecule has 0 aliphatic heterocycles. The van der Waals surface area contributed by atoms with Crippen molar-refractivity contribution in [3.05, 3.63) is 12.2 Å². The fourth-order valence-corrected chi connectivity index (χ4v) is 7.52. The van der Waals surface area contributed by atoms with Gasteiger partial charge in [0.1, 0.15) is 6.61 Å². The van der Waals surface area contributed by atoms with E-state index in [0.29, 0.717) is 17.3 Å². The van der Waals surface area contributed by atoms with Gasteiger partial charge in [-0.05, 0) is 59.7 Å². The second kappa shape index (κ2) is 8.29. The SMILES string of the molecule is CC(=O)O[C@@H](CO)COC(=O)[C@@H]1[C@@H](C)C=CC2[C@@]1(C)CC[C@H]1C(C)(C)CCC[C@]21C. The molecule has 7 atom stereocenters. The molecule has 5 nitrogen and oxygen atoms in total. The summed E-state index contributed by atoms with van der Waals surface area (Å²) in [5.41, 5.74) is 0.370. The smallest absolute Gasteiger partial charge is 0.310 e. The standard InChI is InChI=1S/C25H40O5/c1-16-8-9-20-24(5)12-7-11-23(3,4)19(24)10-13-25(20,6)21(16)22(28)29-15-18(14-26)30-17(2)27/h8-9,16,18-21,26H,7,10-15H2,1-6H3/t16-,18-,19-,20?,21-,24-,25+/m0/s1. The van der Waals surface area contributed by atoms with E-state index < -0.39 is 12.1 Å². The van der Waals surface area contributed by atoms with Gasteiger partial charge in [-0.1, -0.05) is 53.2 Å². The molecule has 0 spiro atoms. The van der Waals surface area contributed by atoms with E-state index in [1.807, 2.05) is 0 Å². The first-order valence-electron chi connectivity index (χ1n) is 11.6. The van der Waals surface area contributed by atoms with Crippen LogP contribution in [-0.2, 0) is 19.1 Å². The molecule has 3 aliphatic rings. The molecular weight excluding hydrogens is 380 g/mol. The number of carbonyl (C=O) groups is 2. The second-order valence-corrected chi connectivity index (χ2v) is 11.2. The van der Waals surface area contributed by atoms with Crippen LogP contribution in [0.5, 0.6) is 0 Å². The maximum absolute atomic E-state index is 13.3. The number of aliphatic hydroxyl groups excluding tert-OH is 1. The summed E-state index contributed by atoms with van der Waals surface area (Å²) in [5, 5.41) is 9.42. The Morgan fingerprint density at radius 2 is 1.80 bits per heavy atom. The highest BCUT2D eigenvalue weighted by Crippen LogP contribution is 2.67. The Balaban J connectivity index is 1.83.